The number of carbonyl (C=O) groups excluding carboxylic acids is 2. The first-order valence-corrected chi connectivity index (χ1v) is 8.15. The van der Waals surface area contributed by atoms with E-state index < -0.39 is 0 Å². The van der Waals surface area contributed by atoms with Crippen molar-refractivity contribution in [3.8, 4) is 0 Å². The molecule has 0 aromatic heterocycles. The normalized spacial score (nSPS) is 20.7. The predicted molar refractivity (Wildman–Crippen MR) is 93.1 cm³/mol. The van der Waals surface area contributed by atoms with Crippen molar-refractivity contribution in [3.63, 3.8) is 0 Å². The molecule has 1 atom stereocenters. The van der Waals surface area contributed by atoms with E-state index in [-0.39, 0.29) is 30.1 Å². The number of benzene rings is 1. The van der Waals surface area contributed by atoms with Gasteiger partial charge in [0, 0.05) is 19.6 Å². The van der Waals surface area contributed by atoms with Crippen LogP contribution in [0.5, 0.6) is 0 Å². The molecule has 5 nitrogen and oxygen atoms in total. The lowest BCUT2D eigenvalue weighted by molar-refractivity contribution is -0.119. The first-order valence-electron chi connectivity index (χ1n) is 8.15. The van der Waals surface area contributed by atoms with Gasteiger partial charge in [-0.15, -0.1) is 12.4 Å². The maximum absolute atomic E-state index is 12.7. The lowest BCUT2D eigenvalue weighted by atomic mass is 10.1. The third-order valence-corrected chi connectivity index (χ3v) is 4.49. The molecule has 2 amide bonds. The van der Waals surface area contributed by atoms with E-state index in [1.54, 1.807) is 6.07 Å². The van der Waals surface area contributed by atoms with Crippen LogP contribution in [-0.4, -0.2) is 42.9 Å². The second kappa shape index (κ2) is 8.31. The van der Waals surface area contributed by atoms with Crippen molar-refractivity contribution in [2.24, 2.45) is 5.92 Å². The molecule has 3 rings (SSSR count). The number of amides is 2. The van der Waals surface area contributed by atoms with Gasteiger partial charge in [-0.3, -0.25) is 9.59 Å². The average molecular weight is 338 g/mol. The van der Waals surface area contributed by atoms with Gasteiger partial charge in [-0.2, -0.15) is 0 Å². The van der Waals surface area contributed by atoms with Crippen LogP contribution < -0.4 is 10.6 Å². The van der Waals surface area contributed by atoms with E-state index >= 15 is 0 Å². The standard InChI is InChI=1S/C17H23N3O2.ClH/c21-16(13-8-9-18-12-13)19-15-7-3-2-6-14(15)17(22)20-10-4-1-5-11-20;/h2-3,6-7,13,18H,1,4-5,8-12H2,(H,19,21);1H. The zero-order valence-electron chi connectivity index (χ0n) is 13.2. The van der Waals surface area contributed by atoms with E-state index in [0.717, 1.165) is 38.9 Å². The fourth-order valence-corrected chi connectivity index (χ4v) is 3.16. The second-order valence-corrected chi connectivity index (χ2v) is 6.08. The monoisotopic (exact) mass is 337 g/mol. The molecule has 6 heteroatoms. The number of halogens is 1. The highest BCUT2D eigenvalue weighted by molar-refractivity contribution is 6.04. The minimum Gasteiger partial charge on any atom is -0.339 e. The summed E-state index contributed by atoms with van der Waals surface area (Å²) in [5, 5.41) is 6.14. The van der Waals surface area contributed by atoms with Gasteiger partial charge in [-0.1, -0.05) is 12.1 Å². The number of nitrogens with one attached hydrogen (secondary N) is 2. The largest absolute Gasteiger partial charge is 0.339 e. The molecule has 2 fully saturated rings. The molecule has 0 radical (unpaired) electrons. The molecule has 126 valence electrons. The number of nitrogens with zero attached hydrogens (tertiary/aromatic N) is 1. The summed E-state index contributed by atoms with van der Waals surface area (Å²) in [4.78, 5) is 26.9. The summed E-state index contributed by atoms with van der Waals surface area (Å²) < 4.78 is 0. The van der Waals surface area contributed by atoms with Crippen LogP contribution in [0.1, 0.15) is 36.0 Å². The summed E-state index contributed by atoms with van der Waals surface area (Å²) in [5.41, 5.74) is 1.23. The van der Waals surface area contributed by atoms with Crippen LogP contribution in [0, 0.1) is 5.92 Å². The van der Waals surface area contributed by atoms with Gasteiger partial charge in [-0.25, -0.2) is 0 Å². The fraction of sp³-hybridized carbons (Fsp3) is 0.529. The molecule has 0 spiro atoms. The number of hydrogen-bond donors (Lipinski definition) is 2. The highest BCUT2D eigenvalue weighted by Crippen LogP contribution is 2.21. The number of para-hydroxylation sites is 1. The van der Waals surface area contributed by atoms with Crippen LogP contribution >= 0.6 is 12.4 Å². The number of rotatable bonds is 3. The zero-order valence-corrected chi connectivity index (χ0v) is 14.0. The van der Waals surface area contributed by atoms with Crippen molar-refractivity contribution in [3.05, 3.63) is 29.8 Å². The quantitative estimate of drug-likeness (QED) is 0.889. The first-order chi connectivity index (χ1) is 10.8. The van der Waals surface area contributed by atoms with E-state index in [2.05, 4.69) is 10.6 Å². The SMILES string of the molecule is Cl.O=C(Nc1ccccc1C(=O)N1CCCCC1)C1CCNC1. The van der Waals surface area contributed by atoms with Crippen molar-refractivity contribution in [1.82, 2.24) is 10.2 Å². The molecule has 0 saturated carbocycles. The van der Waals surface area contributed by atoms with Gasteiger partial charge < -0.3 is 15.5 Å². The maximum atomic E-state index is 12.7. The molecule has 0 bridgehead atoms. The van der Waals surface area contributed by atoms with Gasteiger partial charge in [0.1, 0.15) is 0 Å². The average Bonchev–Trinajstić information content (AvgIpc) is 3.10. The molecule has 23 heavy (non-hydrogen) atoms. The molecular weight excluding hydrogens is 314 g/mol. The summed E-state index contributed by atoms with van der Waals surface area (Å²) in [6.07, 6.45) is 4.17. The second-order valence-electron chi connectivity index (χ2n) is 6.08. The third kappa shape index (κ3) is 4.24. The van der Waals surface area contributed by atoms with E-state index in [0.29, 0.717) is 17.8 Å². The molecule has 1 unspecified atom stereocenters. The lowest BCUT2D eigenvalue weighted by Crippen LogP contribution is -2.36. The van der Waals surface area contributed by atoms with Crippen LogP contribution in [0.4, 0.5) is 5.69 Å². The van der Waals surface area contributed by atoms with Gasteiger partial charge in [0.15, 0.2) is 0 Å². The predicted octanol–water partition coefficient (Wildman–Crippen LogP) is 2.28. The molecule has 2 aliphatic rings. The Labute approximate surface area is 143 Å². The molecule has 1 aromatic carbocycles. The topological polar surface area (TPSA) is 61.4 Å². The number of carbonyl (C=O) groups is 2. The van der Waals surface area contributed by atoms with Gasteiger partial charge in [0.25, 0.3) is 5.91 Å². The Morgan fingerprint density at radius 2 is 1.87 bits per heavy atom. The smallest absolute Gasteiger partial charge is 0.255 e. The zero-order chi connectivity index (χ0) is 15.4. The summed E-state index contributed by atoms with van der Waals surface area (Å²) in [7, 11) is 0. The molecule has 2 saturated heterocycles. The van der Waals surface area contributed by atoms with Gasteiger partial charge in [0.05, 0.1) is 17.2 Å². The van der Waals surface area contributed by atoms with Crippen LogP contribution in [0.25, 0.3) is 0 Å². The number of anilines is 1. The Morgan fingerprint density at radius 3 is 2.57 bits per heavy atom. The van der Waals surface area contributed by atoms with E-state index in [4.69, 9.17) is 0 Å². The summed E-state index contributed by atoms with van der Waals surface area (Å²) in [6.45, 7) is 3.22. The van der Waals surface area contributed by atoms with Crippen molar-refractivity contribution >= 4 is 29.9 Å². The highest BCUT2D eigenvalue weighted by atomic mass is 35.5. The molecule has 0 aliphatic carbocycles. The first kappa shape index (κ1) is 17.8. The molecule has 1 aromatic rings. The summed E-state index contributed by atoms with van der Waals surface area (Å²) in [5.74, 6) is 0.0298. The Bertz CT molecular complexity index is 553. The van der Waals surface area contributed by atoms with Gasteiger partial charge >= 0.3 is 0 Å². The summed E-state index contributed by atoms with van der Waals surface area (Å²) in [6, 6.07) is 7.33. The van der Waals surface area contributed by atoms with Crippen molar-refractivity contribution in [1.29, 1.82) is 0 Å². The van der Waals surface area contributed by atoms with Crippen LogP contribution in [0.3, 0.4) is 0 Å². The van der Waals surface area contributed by atoms with Crippen molar-refractivity contribution < 1.29 is 9.59 Å². The van der Waals surface area contributed by atoms with Crippen LogP contribution in [0.15, 0.2) is 24.3 Å². The molecular formula is C17H24ClN3O2. The van der Waals surface area contributed by atoms with E-state index in [9.17, 15) is 9.59 Å². The molecule has 2 N–H and O–H groups in total. The fourth-order valence-electron chi connectivity index (χ4n) is 3.16. The van der Waals surface area contributed by atoms with Crippen molar-refractivity contribution in [2.75, 3.05) is 31.5 Å². The Kier molecular flexibility index (Phi) is 6.42. The van der Waals surface area contributed by atoms with Gasteiger partial charge in [-0.05, 0) is 44.4 Å². The third-order valence-electron chi connectivity index (χ3n) is 4.49. The highest BCUT2D eigenvalue weighted by Gasteiger charge is 2.25. The molecule has 2 heterocycles. The molecule has 2 aliphatic heterocycles. The summed E-state index contributed by atoms with van der Waals surface area (Å²) >= 11 is 0. The lowest BCUT2D eigenvalue weighted by Gasteiger charge is -2.27. The number of likely N-dealkylation sites (tertiary alicyclic amines) is 1. The van der Waals surface area contributed by atoms with Crippen molar-refractivity contribution in [2.45, 2.75) is 25.7 Å². The number of piperidine rings is 1. The van der Waals surface area contributed by atoms with Gasteiger partial charge in [0.2, 0.25) is 5.91 Å². The minimum atomic E-state index is -0.00172. The van der Waals surface area contributed by atoms with E-state index in [1.807, 2.05) is 23.1 Å². The Morgan fingerprint density at radius 1 is 1.13 bits per heavy atom. The Hall–Kier alpha value is -1.59. The van der Waals surface area contributed by atoms with Crippen LogP contribution in [0.2, 0.25) is 0 Å². The minimum absolute atomic E-state index is 0. The number of hydrogen-bond acceptors (Lipinski definition) is 3. The maximum Gasteiger partial charge on any atom is 0.255 e. The van der Waals surface area contributed by atoms with Crippen LogP contribution in [-0.2, 0) is 4.79 Å². The Balaban J connectivity index is 0.00000192. The van der Waals surface area contributed by atoms with E-state index in [1.165, 1.54) is 6.42 Å².